The van der Waals surface area contributed by atoms with Gasteiger partial charge in [0.05, 0.1) is 11.3 Å². The number of carbonyl (C=O) groups excluding carboxylic acids is 3. The van der Waals surface area contributed by atoms with E-state index in [-0.39, 0.29) is 29.8 Å². The second-order valence-electron chi connectivity index (χ2n) is 7.60. The number of carbonyl (C=O) groups is 3. The van der Waals surface area contributed by atoms with Crippen LogP contribution in [0.1, 0.15) is 40.5 Å². The zero-order valence-corrected chi connectivity index (χ0v) is 13.3. The first-order valence-corrected chi connectivity index (χ1v) is 7.80. The maximum atomic E-state index is 12.2. The summed E-state index contributed by atoms with van der Waals surface area (Å²) in [6.07, 6.45) is -0.0658. The lowest BCUT2D eigenvalue weighted by molar-refractivity contribution is -0.180. The van der Waals surface area contributed by atoms with Crippen LogP contribution >= 0.6 is 0 Å². The Kier molecular flexibility index (Phi) is 3.45. The summed E-state index contributed by atoms with van der Waals surface area (Å²) in [7, 11) is 0. The van der Waals surface area contributed by atoms with Crippen LogP contribution in [0.15, 0.2) is 0 Å². The van der Waals surface area contributed by atoms with Crippen LogP contribution in [0.2, 0.25) is 0 Å². The van der Waals surface area contributed by atoms with E-state index >= 15 is 0 Å². The number of hydrogen-bond acceptors (Lipinski definition) is 6. The Morgan fingerprint density at radius 2 is 1.95 bits per heavy atom. The summed E-state index contributed by atoms with van der Waals surface area (Å²) in [5, 5.41) is 0. The fraction of sp³-hybridized carbons (Fsp3) is 0.812. The van der Waals surface area contributed by atoms with Crippen molar-refractivity contribution in [3.8, 4) is 0 Å². The second kappa shape index (κ2) is 4.96. The lowest BCUT2D eigenvalue weighted by Crippen LogP contribution is -2.40. The highest BCUT2D eigenvalue weighted by atomic mass is 16.6. The van der Waals surface area contributed by atoms with Crippen molar-refractivity contribution in [2.45, 2.75) is 58.8 Å². The van der Waals surface area contributed by atoms with E-state index in [2.05, 4.69) is 0 Å². The summed E-state index contributed by atoms with van der Waals surface area (Å²) in [5.41, 5.74) is -0.671. The number of ether oxygens (including phenoxy) is 3. The highest BCUT2D eigenvalue weighted by molar-refractivity contribution is 5.82. The fourth-order valence-electron chi connectivity index (χ4n) is 3.68. The van der Waals surface area contributed by atoms with Crippen molar-refractivity contribution >= 4 is 17.9 Å². The van der Waals surface area contributed by atoms with E-state index in [1.54, 1.807) is 20.8 Å². The average molecular weight is 310 g/mol. The molecule has 22 heavy (non-hydrogen) atoms. The van der Waals surface area contributed by atoms with E-state index in [0.717, 1.165) is 12.8 Å². The molecule has 2 aliphatic carbocycles. The van der Waals surface area contributed by atoms with Gasteiger partial charge in [-0.25, -0.2) is 4.79 Å². The minimum absolute atomic E-state index is 0.0129. The highest BCUT2D eigenvalue weighted by Crippen LogP contribution is 2.55. The van der Waals surface area contributed by atoms with Crippen LogP contribution in [-0.4, -0.2) is 36.2 Å². The van der Waals surface area contributed by atoms with Crippen LogP contribution in [0.5, 0.6) is 0 Å². The van der Waals surface area contributed by atoms with E-state index in [1.165, 1.54) is 6.92 Å². The molecule has 0 amide bonds. The molecule has 0 radical (unpaired) electrons. The summed E-state index contributed by atoms with van der Waals surface area (Å²) in [5.74, 6) is -0.833. The summed E-state index contributed by atoms with van der Waals surface area (Å²) in [6.45, 7) is 6.67. The molecule has 122 valence electrons. The highest BCUT2D eigenvalue weighted by Gasteiger charge is 2.63. The van der Waals surface area contributed by atoms with E-state index < -0.39 is 29.6 Å². The molecule has 1 saturated heterocycles. The summed E-state index contributed by atoms with van der Waals surface area (Å²) < 4.78 is 16.0. The lowest BCUT2D eigenvalue weighted by Gasteiger charge is -2.27. The maximum Gasteiger partial charge on any atom is 0.347 e. The molecule has 6 atom stereocenters. The van der Waals surface area contributed by atoms with Crippen molar-refractivity contribution in [3.05, 3.63) is 0 Å². The molecular formula is C16H22O6. The van der Waals surface area contributed by atoms with Gasteiger partial charge in [-0.15, -0.1) is 0 Å². The first-order chi connectivity index (χ1) is 10.2. The van der Waals surface area contributed by atoms with Gasteiger partial charge in [0.25, 0.3) is 0 Å². The van der Waals surface area contributed by atoms with E-state index in [0.29, 0.717) is 0 Å². The van der Waals surface area contributed by atoms with Crippen LogP contribution < -0.4 is 0 Å². The molecule has 1 heterocycles. The molecule has 3 fully saturated rings. The van der Waals surface area contributed by atoms with Gasteiger partial charge in [0.2, 0.25) is 0 Å². The van der Waals surface area contributed by atoms with Crippen LogP contribution in [0.25, 0.3) is 0 Å². The zero-order valence-electron chi connectivity index (χ0n) is 13.3. The van der Waals surface area contributed by atoms with E-state index in [1.807, 2.05) is 0 Å². The third-order valence-corrected chi connectivity index (χ3v) is 4.89. The zero-order chi connectivity index (χ0) is 16.2. The van der Waals surface area contributed by atoms with Crippen molar-refractivity contribution in [1.29, 1.82) is 0 Å². The van der Waals surface area contributed by atoms with Gasteiger partial charge in [0.15, 0.2) is 6.10 Å². The van der Waals surface area contributed by atoms with Crippen molar-refractivity contribution in [2.75, 3.05) is 0 Å². The molecule has 2 bridgehead atoms. The topological polar surface area (TPSA) is 78.9 Å². The SMILES string of the molecule is CC(OC(=O)C(C)(C)C)C(=O)OC1C2CC3C(=O)OC1C3C2. The second-order valence-corrected chi connectivity index (χ2v) is 7.60. The molecule has 2 saturated carbocycles. The molecule has 0 spiro atoms. The number of hydrogen-bond donors (Lipinski definition) is 0. The molecule has 0 N–H and O–H groups in total. The molecule has 6 unspecified atom stereocenters. The first kappa shape index (κ1) is 15.3. The Labute approximate surface area is 129 Å². The van der Waals surface area contributed by atoms with Crippen LogP contribution in [0.3, 0.4) is 0 Å². The van der Waals surface area contributed by atoms with Gasteiger partial charge in [-0.3, -0.25) is 9.59 Å². The Hall–Kier alpha value is -1.59. The van der Waals surface area contributed by atoms with Crippen LogP contribution in [-0.2, 0) is 28.6 Å². The largest absolute Gasteiger partial charge is 0.458 e. The van der Waals surface area contributed by atoms with E-state index in [4.69, 9.17) is 14.2 Å². The Bertz CT molecular complexity index is 519. The molecule has 3 rings (SSSR count). The molecular weight excluding hydrogens is 288 g/mol. The molecule has 6 heteroatoms. The molecule has 0 aromatic rings. The maximum absolute atomic E-state index is 12.2. The molecule has 3 aliphatic rings. The Morgan fingerprint density at radius 3 is 2.59 bits per heavy atom. The predicted molar refractivity (Wildman–Crippen MR) is 74.5 cm³/mol. The normalized spacial score (nSPS) is 36.9. The van der Waals surface area contributed by atoms with Gasteiger partial charge in [-0.05, 0) is 40.5 Å². The number of rotatable bonds is 3. The van der Waals surface area contributed by atoms with Gasteiger partial charge in [0.1, 0.15) is 12.2 Å². The minimum Gasteiger partial charge on any atom is -0.458 e. The van der Waals surface area contributed by atoms with Crippen LogP contribution in [0, 0.1) is 23.2 Å². The number of esters is 3. The minimum atomic E-state index is -0.959. The van der Waals surface area contributed by atoms with Crippen LogP contribution in [0.4, 0.5) is 0 Å². The fourth-order valence-corrected chi connectivity index (χ4v) is 3.68. The smallest absolute Gasteiger partial charge is 0.347 e. The quantitative estimate of drug-likeness (QED) is 0.580. The summed E-state index contributed by atoms with van der Waals surface area (Å²) in [4.78, 5) is 35.7. The van der Waals surface area contributed by atoms with E-state index in [9.17, 15) is 14.4 Å². The Morgan fingerprint density at radius 1 is 1.27 bits per heavy atom. The van der Waals surface area contributed by atoms with Gasteiger partial charge < -0.3 is 14.2 Å². The first-order valence-electron chi connectivity index (χ1n) is 7.80. The summed E-state index contributed by atoms with van der Waals surface area (Å²) in [6, 6.07) is 0. The predicted octanol–water partition coefficient (Wildman–Crippen LogP) is 1.46. The average Bonchev–Trinajstić information content (AvgIpc) is 3.02. The molecule has 0 aromatic heterocycles. The van der Waals surface area contributed by atoms with Crippen molar-refractivity contribution in [2.24, 2.45) is 23.2 Å². The molecule has 6 nitrogen and oxygen atoms in total. The van der Waals surface area contributed by atoms with Gasteiger partial charge in [0, 0.05) is 11.8 Å². The molecule has 1 aliphatic heterocycles. The lowest BCUT2D eigenvalue weighted by atomic mass is 9.88. The monoisotopic (exact) mass is 310 g/mol. The third-order valence-electron chi connectivity index (χ3n) is 4.89. The van der Waals surface area contributed by atoms with Crippen molar-refractivity contribution in [1.82, 2.24) is 0 Å². The standard InChI is InChI=1S/C16H22O6/c1-7(20-15(19)16(2,3)4)13(17)21-11-8-5-9-10(6-8)14(18)22-12(9)11/h7-12H,5-6H2,1-4H3. The molecule has 0 aromatic carbocycles. The number of fused-ring (bicyclic) bond motifs is 1. The van der Waals surface area contributed by atoms with Crippen molar-refractivity contribution in [3.63, 3.8) is 0 Å². The van der Waals surface area contributed by atoms with Crippen molar-refractivity contribution < 1.29 is 28.6 Å². The third kappa shape index (κ3) is 2.38. The van der Waals surface area contributed by atoms with Gasteiger partial charge in [-0.1, -0.05) is 0 Å². The van der Waals surface area contributed by atoms with Gasteiger partial charge >= 0.3 is 17.9 Å². The summed E-state index contributed by atoms with van der Waals surface area (Å²) >= 11 is 0. The van der Waals surface area contributed by atoms with Gasteiger partial charge in [-0.2, -0.15) is 0 Å². The Balaban J connectivity index is 1.59.